The minimum Gasteiger partial charge on any atom is -0.473 e. The largest absolute Gasteiger partial charge is 0.473 e. The van der Waals surface area contributed by atoms with Gasteiger partial charge in [-0.15, -0.1) is 0 Å². The summed E-state index contributed by atoms with van der Waals surface area (Å²) in [5, 5.41) is 0. The van der Waals surface area contributed by atoms with Gasteiger partial charge in [-0.3, -0.25) is 9.78 Å². The fourth-order valence-electron chi connectivity index (χ4n) is 3.37. The van der Waals surface area contributed by atoms with E-state index in [4.69, 9.17) is 9.47 Å². The Morgan fingerprint density at radius 1 is 1.43 bits per heavy atom. The zero-order chi connectivity index (χ0) is 16.1. The average Bonchev–Trinajstić information content (AvgIpc) is 3.23. The number of carbonyl (C=O) groups excluding carboxylic acids is 1. The van der Waals surface area contributed by atoms with Crippen LogP contribution in [0.25, 0.3) is 0 Å². The van der Waals surface area contributed by atoms with Crippen molar-refractivity contribution in [2.75, 3.05) is 19.7 Å². The molecule has 3 heterocycles. The lowest BCUT2D eigenvalue weighted by atomic mass is 9.84. The summed E-state index contributed by atoms with van der Waals surface area (Å²) in [5.41, 5.74) is -1.17. The molecule has 1 atom stereocenters. The third-order valence-corrected chi connectivity index (χ3v) is 4.79. The minimum atomic E-state index is -1.59. The Bertz CT molecular complexity index is 629. The van der Waals surface area contributed by atoms with E-state index in [0.717, 1.165) is 12.1 Å². The third-order valence-electron chi connectivity index (χ3n) is 4.79. The predicted molar refractivity (Wildman–Crippen MR) is 78.8 cm³/mol. The van der Waals surface area contributed by atoms with E-state index in [9.17, 15) is 9.18 Å². The van der Waals surface area contributed by atoms with Crippen molar-refractivity contribution >= 4 is 5.91 Å². The number of aromatic nitrogens is 2. The molecule has 0 aromatic carbocycles. The number of nitrogens with zero attached hydrogens (tertiary/aromatic N) is 3. The Balaban J connectivity index is 1.36. The maximum atomic E-state index is 13.9. The molecule has 0 N–H and O–H groups in total. The van der Waals surface area contributed by atoms with Crippen LogP contribution in [-0.2, 0) is 9.53 Å². The van der Waals surface area contributed by atoms with Crippen LogP contribution < -0.4 is 4.74 Å². The Morgan fingerprint density at radius 3 is 2.91 bits per heavy atom. The zero-order valence-corrected chi connectivity index (χ0v) is 13.1. The highest BCUT2D eigenvalue weighted by Crippen LogP contribution is 2.44. The number of alkyl halides is 1. The molecule has 1 aliphatic carbocycles. The highest BCUT2D eigenvalue weighted by molar-refractivity contribution is 5.88. The molecule has 3 fully saturated rings. The molecule has 2 aliphatic heterocycles. The molecule has 124 valence electrons. The van der Waals surface area contributed by atoms with E-state index in [1.54, 1.807) is 17.3 Å². The quantitative estimate of drug-likeness (QED) is 0.842. The number of amides is 1. The summed E-state index contributed by atoms with van der Waals surface area (Å²) in [7, 11) is 0. The lowest BCUT2D eigenvalue weighted by Crippen LogP contribution is -2.68. The normalized spacial score (nSPS) is 27.4. The fourth-order valence-corrected chi connectivity index (χ4v) is 3.37. The van der Waals surface area contributed by atoms with Crippen molar-refractivity contribution in [1.29, 1.82) is 0 Å². The van der Waals surface area contributed by atoms with E-state index in [1.807, 2.05) is 6.92 Å². The van der Waals surface area contributed by atoms with E-state index in [0.29, 0.717) is 44.8 Å². The Hall–Kier alpha value is -1.76. The summed E-state index contributed by atoms with van der Waals surface area (Å²) in [4.78, 5) is 21.9. The van der Waals surface area contributed by atoms with Gasteiger partial charge in [0.15, 0.2) is 5.67 Å². The summed E-state index contributed by atoms with van der Waals surface area (Å²) in [5.74, 6) is 0.138. The van der Waals surface area contributed by atoms with Crippen LogP contribution in [0.15, 0.2) is 12.4 Å². The molecule has 1 aromatic rings. The molecule has 1 aromatic heterocycles. The van der Waals surface area contributed by atoms with Gasteiger partial charge in [0.1, 0.15) is 11.7 Å². The van der Waals surface area contributed by atoms with Crippen molar-refractivity contribution in [3.05, 3.63) is 18.1 Å². The first-order chi connectivity index (χ1) is 11.0. The third kappa shape index (κ3) is 2.78. The van der Waals surface area contributed by atoms with E-state index in [2.05, 4.69) is 9.97 Å². The highest BCUT2D eigenvalue weighted by atomic mass is 19.1. The van der Waals surface area contributed by atoms with Crippen LogP contribution in [0, 0.1) is 6.92 Å². The van der Waals surface area contributed by atoms with Gasteiger partial charge in [-0.2, -0.15) is 0 Å². The van der Waals surface area contributed by atoms with Crippen molar-refractivity contribution in [3.8, 4) is 5.88 Å². The van der Waals surface area contributed by atoms with Gasteiger partial charge in [0.2, 0.25) is 5.88 Å². The van der Waals surface area contributed by atoms with Gasteiger partial charge in [0, 0.05) is 19.0 Å². The lowest BCUT2D eigenvalue weighted by Gasteiger charge is -2.53. The number of ether oxygens (including phenoxy) is 2. The Kier molecular flexibility index (Phi) is 3.30. The number of likely N-dealkylation sites (tertiary alicyclic amines) is 1. The van der Waals surface area contributed by atoms with Gasteiger partial charge in [-0.1, -0.05) is 0 Å². The van der Waals surface area contributed by atoms with Crippen molar-refractivity contribution in [3.63, 3.8) is 0 Å². The van der Waals surface area contributed by atoms with Crippen molar-refractivity contribution in [1.82, 2.24) is 14.9 Å². The van der Waals surface area contributed by atoms with Crippen LogP contribution in [0.2, 0.25) is 0 Å². The van der Waals surface area contributed by atoms with E-state index >= 15 is 0 Å². The number of halogens is 1. The molecule has 1 spiro atoms. The number of carbonyl (C=O) groups is 1. The first-order valence-corrected chi connectivity index (χ1v) is 8.06. The number of aryl methyl sites for hydroxylation is 1. The van der Waals surface area contributed by atoms with Gasteiger partial charge in [-0.05, 0) is 19.8 Å². The summed E-state index contributed by atoms with van der Waals surface area (Å²) in [6.45, 7) is 3.35. The van der Waals surface area contributed by atoms with Crippen LogP contribution >= 0.6 is 0 Å². The second-order valence-corrected chi connectivity index (χ2v) is 6.89. The number of hydrogen-bond donors (Lipinski definition) is 0. The fraction of sp³-hybridized carbons (Fsp3) is 0.688. The predicted octanol–water partition coefficient (Wildman–Crippen LogP) is 1.43. The molecule has 1 saturated carbocycles. The molecule has 0 unspecified atom stereocenters. The SMILES string of the molecule is Cc1cncc(O[C@H]2CCOC3(C2)CN(C(=O)C2(F)CC2)C3)n1. The molecule has 2 saturated heterocycles. The summed E-state index contributed by atoms with van der Waals surface area (Å²) in [6.07, 6.45) is 5.44. The summed E-state index contributed by atoms with van der Waals surface area (Å²) < 4.78 is 25.6. The molecule has 3 aliphatic rings. The molecular weight excluding hydrogens is 301 g/mol. The topological polar surface area (TPSA) is 64.6 Å². The maximum Gasteiger partial charge on any atom is 0.260 e. The van der Waals surface area contributed by atoms with Gasteiger partial charge >= 0.3 is 0 Å². The Labute approximate surface area is 134 Å². The first-order valence-electron chi connectivity index (χ1n) is 8.06. The van der Waals surface area contributed by atoms with Crippen LogP contribution in [0.5, 0.6) is 5.88 Å². The molecule has 0 radical (unpaired) electrons. The van der Waals surface area contributed by atoms with Crippen LogP contribution in [0.4, 0.5) is 4.39 Å². The number of hydrogen-bond acceptors (Lipinski definition) is 5. The van der Waals surface area contributed by atoms with Crippen molar-refractivity contribution < 1.29 is 18.7 Å². The number of rotatable bonds is 3. The first kappa shape index (κ1) is 14.8. The van der Waals surface area contributed by atoms with Crippen molar-refractivity contribution in [2.45, 2.75) is 50.0 Å². The van der Waals surface area contributed by atoms with Crippen LogP contribution in [0.3, 0.4) is 0 Å². The zero-order valence-electron chi connectivity index (χ0n) is 13.1. The van der Waals surface area contributed by atoms with Gasteiger partial charge < -0.3 is 14.4 Å². The van der Waals surface area contributed by atoms with Gasteiger partial charge in [0.25, 0.3) is 5.91 Å². The highest BCUT2D eigenvalue weighted by Gasteiger charge is 2.58. The van der Waals surface area contributed by atoms with Crippen molar-refractivity contribution in [2.24, 2.45) is 0 Å². The maximum absolute atomic E-state index is 13.9. The van der Waals surface area contributed by atoms with Crippen LogP contribution in [0.1, 0.15) is 31.4 Å². The van der Waals surface area contributed by atoms with E-state index in [-0.39, 0.29) is 17.6 Å². The molecule has 1 amide bonds. The Morgan fingerprint density at radius 2 is 2.22 bits per heavy atom. The molecule has 23 heavy (non-hydrogen) atoms. The minimum absolute atomic E-state index is 0.0163. The molecule has 4 rings (SSSR count). The average molecular weight is 321 g/mol. The monoisotopic (exact) mass is 321 g/mol. The molecular formula is C16H20FN3O3. The van der Waals surface area contributed by atoms with E-state index < -0.39 is 5.67 Å². The smallest absolute Gasteiger partial charge is 0.260 e. The van der Waals surface area contributed by atoms with Gasteiger partial charge in [0.05, 0.1) is 31.6 Å². The van der Waals surface area contributed by atoms with Gasteiger partial charge in [-0.25, -0.2) is 9.37 Å². The summed E-state index contributed by atoms with van der Waals surface area (Å²) >= 11 is 0. The van der Waals surface area contributed by atoms with E-state index in [1.165, 1.54) is 0 Å². The standard InChI is InChI=1S/C16H20FN3O3/c1-11-7-18-8-13(19-11)23-12-2-5-22-15(6-12)9-20(10-15)14(21)16(17)3-4-16/h7-8,12H,2-6,9-10H2,1H3/t12-/m0/s1. The molecule has 7 heteroatoms. The lowest BCUT2D eigenvalue weighted by molar-refractivity contribution is -0.196. The summed E-state index contributed by atoms with van der Waals surface area (Å²) in [6, 6.07) is 0. The second kappa shape index (κ2) is 5.12. The molecule has 0 bridgehead atoms. The second-order valence-electron chi connectivity index (χ2n) is 6.89. The molecule has 6 nitrogen and oxygen atoms in total. The van der Waals surface area contributed by atoms with Crippen LogP contribution in [-0.4, -0.2) is 57.8 Å².